The number of aromatic nitrogens is 2. The van der Waals surface area contributed by atoms with Crippen molar-refractivity contribution in [3.63, 3.8) is 0 Å². The Balaban J connectivity index is 1.80. The summed E-state index contributed by atoms with van der Waals surface area (Å²) in [6.07, 6.45) is 2.87. The van der Waals surface area contributed by atoms with Crippen molar-refractivity contribution in [1.29, 1.82) is 0 Å². The number of primary amides is 1. The van der Waals surface area contributed by atoms with E-state index in [0.29, 0.717) is 12.1 Å². The lowest BCUT2D eigenvalue weighted by atomic mass is 9.98. The third-order valence-corrected chi connectivity index (χ3v) is 4.45. The molecule has 1 unspecified atom stereocenters. The molecular weight excluding hydrogens is 332 g/mol. The van der Waals surface area contributed by atoms with E-state index < -0.39 is 5.91 Å². The highest BCUT2D eigenvalue weighted by Gasteiger charge is 2.30. The molecule has 1 atom stereocenters. The van der Waals surface area contributed by atoms with E-state index in [2.05, 4.69) is 10.2 Å². The van der Waals surface area contributed by atoms with Crippen molar-refractivity contribution in [3.05, 3.63) is 47.3 Å². The summed E-state index contributed by atoms with van der Waals surface area (Å²) in [6, 6.07) is 8.70. The zero-order valence-electron chi connectivity index (χ0n) is 15.1. The number of rotatable bonds is 5. The molecule has 1 aromatic carbocycles. The monoisotopic (exact) mass is 356 g/mol. The van der Waals surface area contributed by atoms with E-state index in [4.69, 9.17) is 10.5 Å². The number of carbonyl (C=O) groups is 2. The summed E-state index contributed by atoms with van der Waals surface area (Å²) in [7, 11) is 0. The number of likely N-dealkylation sites (tertiary alicyclic amines) is 1. The van der Waals surface area contributed by atoms with Gasteiger partial charge in [0.15, 0.2) is 0 Å². The number of amides is 2. The van der Waals surface area contributed by atoms with Crippen LogP contribution in [-0.4, -0.2) is 39.6 Å². The Morgan fingerprint density at radius 2 is 2.00 bits per heavy atom. The number of ether oxygens (including phenoxy) is 1. The van der Waals surface area contributed by atoms with Gasteiger partial charge in [0.1, 0.15) is 11.4 Å². The van der Waals surface area contributed by atoms with Crippen LogP contribution in [0, 0.1) is 0 Å². The normalized spacial score (nSPS) is 17.3. The first-order valence-corrected chi connectivity index (χ1v) is 8.88. The van der Waals surface area contributed by atoms with Gasteiger partial charge in [0.2, 0.25) is 0 Å². The highest BCUT2D eigenvalue weighted by molar-refractivity contribution is 5.95. The lowest BCUT2D eigenvalue weighted by Crippen LogP contribution is -2.38. The third kappa shape index (κ3) is 3.87. The summed E-state index contributed by atoms with van der Waals surface area (Å²) in [5.41, 5.74) is 6.82. The van der Waals surface area contributed by atoms with Crippen molar-refractivity contribution in [2.24, 2.45) is 5.73 Å². The number of hydrogen-bond acceptors (Lipinski definition) is 4. The fourth-order valence-electron chi connectivity index (χ4n) is 3.25. The minimum atomic E-state index is -0.582. The zero-order chi connectivity index (χ0) is 18.7. The number of piperidine rings is 1. The second-order valence-electron chi connectivity index (χ2n) is 6.77. The SMILES string of the molecule is CC(C)Oc1ccc(C(=O)N2CCCCC2c2cc(C(N)=O)n[nH]2)cc1. The van der Waals surface area contributed by atoms with Crippen molar-refractivity contribution < 1.29 is 14.3 Å². The maximum absolute atomic E-state index is 13.0. The zero-order valence-corrected chi connectivity index (χ0v) is 15.1. The molecule has 3 rings (SSSR count). The molecule has 2 heterocycles. The molecule has 0 bridgehead atoms. The Kier molecular flexibility index (Phi) is 5.25. The van der Waals surface area contributed by atoms with Crippen molar-refractivity contribution in [1.82, 2.24) is 15.1 Å². The Labute approximate surface area is 152 Å². The van der Waals surface area contributed by atoms with E-state index in [0.717, 1.165) is 30.7 Å². The van der Waals surface area contributed by atoms with Gasteiger partial charge in [-0.25, -0.2) is 0 Å². The van der Waals surface area contributed by atoms with Crippen LogP contribution >= 0.6 is 0 Å². The van der Waals surface area contributed by atoms with Crippen LogP contribution in [0.4, 0.5) is 0 Å². The van der Waals surface area contributed by atoms with Gasteiger partial charge in [-0.05, 0) is 63.4 Å². The molecule has 1 saturated heterocycles. The summed E-state index contributed by atoms with van der Waals surface area (Å²) in [4.78, 5) is 26.1. The van der Waals surface area contributed by atoms with E-state index >= 15 is 0 Å². The van der Waals surface area contributed by atoms with Gasteiger partial charge < -0.3 is 15.4 Å². The second kappa shape index (κ2) is 7.59. The molecule has 138 valence electrons. The van der Waals surface area contributed by atoms with Gasteiger partial charge in [0.25, 0.3) is 11.8 Å². The van der Waals surface area contributed by atoms with E-state index in [1.165, 1.54) is 0 Å². The van der Waals surface area contributed by atoms with Crippen LogP contribution in [-0.2, 0) is 0 Å². The lowest BCUT2D eigenvalue weighted by Gasteiger charge is -2.35. The molecule has 1 aromatic heterocycles. The minimum absolute atomic E-state index is 0.0407. The third-order valence-electron chi connectivity index (χ3n) is 4.45. The van der Waals surface area contributed by atoms with Crippen LogP contribution in [0.15, 0.2) is 30.3 Å². The summed E-state index contributed by atoms with van der Waals surface area (Å²) in [5.74, 6) is 0.120. The minimum Gasteiger partial charge on any atom is -0.491 e. The van der Waals surface area contributed by atoms with Crippen molar-refractivity contribution in [2.45, 2.75) is 45.3 Å². The maximum Gasteiger partial charge on any atom is 0.269 e. The molecule has 3 N–H and O–H groups in total. The molecule has 7 heteroatoms. The van der Waals surface area contributed by atoms with Crippen LogP contribution in [0.3, 0.4) is 0 Å². The van der Waals surface area contributed by atoms with E-state index in [1.54, 1.807) is 18.2 Å². The number of benzene rings is 1. The summed E-state index contributed by atoms with van der Waals surface area (Å²) in [5, 5.41) is 6.80. The quantitative estimate of drug-likeness (QED) is 0.860. The highest BCUT2D eigenvalue weighted by atomic mass is 16.5. The number of aromatic amines is 1. The van der Waals surface area contributed by atoms with Crippen LogP contribution < -0.4 is 10.5 Å². The largest absolute Gasteiger partial charge is 0.491 e. The highest BCUT2D eigenvalue weighted by Crippen LogP contribution is 2.31. The van der Waals surface area contributed by atoms with E-state index in [9.17, 15) is 9.59 Å². The van der Waals surface area contributed by atoms with Gasteiger partial charge in [-0.3, -0.25) is 14.7 Å². The first-order chi connectivity index (χ1) is 12.5. The Morgan fingerprint density at radius 1 is 1.27 bits per heavy atom. The maximum atomic E-state index is 13.0. The molecule has 0 aliphatic carbocycles. The molecule has 2 amide bonds. The fraction of sp³-hybridized carbons (Fsp3) is 0.421. The van der Waals surface area contributed by atoms with Crippen molar-refractivity contribution in [3.8, 4) is 5.75 Å². The van der Waals surface area contributed by atoms with Gasteiger partial charge in [-0.1, -0.05) is 0 Å². The first kappa shape index (κ1) is 18.0. The van der Waals surface area contributed by atoms with Crippen LogP contribution in [0.5, 0.6) is 5.75 Å². The number of carbonyl (C=O) groups excluding carboxylic acids is 2. The van der Waals surface area contributed by atoms with Crippen LogP contribution in [0.25, 0.3) is 0 Å². The van der Waals surface area contributed by atoms with Gasteiger partial charge >= 0.3 is 0 Å². The Bertz CT molecular complexity index is 782. The van der Waals surface area contributed by atoms with E-state index in [-0.39, 0.29) is 23.7 Å². The predicted molar refractivity (Wildman–Crippen MR) is 96.9 cm³/mol. The predicted octanol–water partition coefficient (Wildman–Crippen LogP) is 2.66. The van der Waals surface area contributed by atoms with Crippen LogP contribution in [0.2, 0.25) is 0 Å². The summed E-state index contributed by atoms with van der Waals surface area (Å²) >= 11 is 0. The number of H-pyrrole nitrogens is 1. The molecule has 0 radical (unpaired) electrons. The van der Waals surface area contributed by atoms with Gasteiger partial charge in [-0.15, -0.1) is 0 Å². The molecule has 26 heavy (non-hydrogen) atoms. The molecule has 0 spiro atoms. The molecule has 1 aliphatic rings. The standard InChI is InChI=1S/C19H24N4O3/c1-12(2)26-14-8-6-13(7-9-14)19(25)23-10-4-3-5-17(23)15-11-16(18(20)24)22-21-15/h6-9,11-12,17H,3-5,10H2,1-2H3,(H2,20,24)(H,21,22). The Hall–Kier alpha value is -2.83. The van der Waals surface area contributed by atoms with Crippen molar-refractivity contribution in [2.75, 3.05) is 6.54 Å². The number of nitrogens with one attached hydrogen (secondary N) is 1. The summed E-state index contributed by atoms with van der Waals surface area (Å²) in [6.45, 7) is 4.59. The first-order valence-electron chi connectivity index (χ1n) is 8.88. The van der Waals surface area contributed by atoms with Gasteiger partial charge in [-0.2, -0.15) is 5.10 Å². The lowest BCUT2D eigenvalue weighted by molar-refractivity contribution is 0.0606. The van der Waals surface area contributed by atoms with Gasteiger partial charge in [0.05, 0.1) is 17.8 Å². The number of hydrogen-bond donors (Lipinski definition) is 2. The van der Waals surface area contributed by atoms with Crippen LogP contribution in [0.1, 0.15) is 65.7 Å². The molecular formula is C19H24N4O3. The average Bonchev–Trinajstić information content (AvgIpc) is 3.11. The fourth-order valence-corrected chi connectivity index (χ4v) is 3.25. The average molecular weight is 356 g/mol. The molecule has 2 aromatic rings. The molecule has 1 aliphatic heterocycles. The molecule has 1 fully saturated rings. The summed E-state index contributed by atoms with van der Waals surface area (Å²) < 4.78 is 5.63. The molecule has 0 saturated carbocycles. The van der Waals surface area contributed by atoms with Crippen molar-refractivity contribution >= 4 is 11.8 Å². The number of nitrogens with zero attached hydrogens (tertiary/aromatic N) is 2. The molecule has 7 nitrogen and oxygen atoms in total. The number of nitrogens with two attached hydrogens (primary N) is 1. The Morgan fingerprint density at radius 3 is 2.62 bits per heavy atom. The topological polar surface area (TPSA) is 101 Å². The smallest absolute Gasteiger partial charge is 0.269 e. The van der Waals surface area contributed by atoms with E-state index in [1.807, 2.05) is 30.9 Å². The second-order valence-corrected chi connectivity index (χ2v) is 6.77. The van der Waals surface area contributed by atoms with Gasteiger partial charge in [0, 0.05) is 12.1 Å².